The average molecular weight is 260 g/mol. The molecular weight excluding hydrogens is 244 g/mol. The summed E-state index contributed by atoms with van der Waals surface area (Å²) in [6.07, 6.45) is 3.51. The number of pyridine rings is 1. The lowest BCUT2D eigenvalue weighted by molar-refractivity contribution is -0.383. The number of nitrogens with zero attached hydrogens (tertiary/aromatic N) is 2. The molecule has 6 nitrogen and oxygen atoms in total. The number of hydrogen-bond acceptors (Lipinski definition) is 5. The van der Waals surface area contributed by atoms with Gasteiger partial charge in [0.2, 0.25) is 0 Å². The first kappa shape index (κ1) is 13.2. The summed E-state index contributed by atoms with van der Waals surface area (Å²) in [5.74, 6) is 0. The summed E-state index contributed by atoms with van der Waals surface area (Å²) < 4.78 is 0. The minimum absolute atomic E-state index is 0.0307. The summed E-state index contributed by atoms with van der Waals surface area (Å²) in [6, 6.07) is 6.80. The van der Waals surface area contributed by atoms with Crippen LogP contribution >= 0.6 is 0 Å². The Morgan fingerprint density at radius 2 is 2.16 bits per heavy atom. The molecule has 0 aliphatic heterocycles. The van der Waals surface area contributed by atoms with Gasteiger partial charge in [-0.05, 0) is 25.5 Å². The molecule has 0 fully saturated rings. The molecule has 2 aromatic rings. The van der Waals surface area contributed by atoms with Gasteiger partial charge in [0.05, 0.1) is 4.92 Å². The van der Waals surface area contributed by atoms with Gasteiger partial charge in [-0.15, -0.1) is 0 Å². The van der Waals surface area contributed by atoms with Gasteiger partial charge < -0.3 is 11.1 Å². The fourth-order valence-electron chi connectivity index (χ4n) is 1.95. The zero-order valence-electron chi connectivity index (χ0n) is 10.5. The average Bonchev–Trinajstić information content (AvgIpc) is 2.43. The van der Waals surface area contributed by atoms with Crippen LogP contribution in [0.3, 0.4) is 0 Å². The smallest absolute Gasteiger partial charge is 0.295 e. The van der Waals surface area contributed by atoms with Gasteiger partial charge in [-0.25, -0.2) is 4.98 Å². The maximum absolute atomic E-state index is 11.0. The topological polar surface area (TPSA) is 94.1 Å². The quantitative estimate of drug-likeness (QED) is 0.472. The van der Waals surface area contributed by atoms with Crippen molar-refractivity contribution >= 4 is 22.3 Å². The monoisotopic (exact) mass is 260 g/mol. The Labute approximate surface area is 110 Å². The lowest BCUT2D eigenvalue weighted by Gasteiger charge is -2.09. The molecule has 0 aliphatic rings. The Bertz CT molecular complexity index is 586. The third-order valence-electron chi connectivity index (χ3n) is 2.89. The van der Waals surface area contributed by atoms with Gasteiger partial charge in [0, 0.05) is 29.9 Å². The van der Waals surface area contributed by atoms with E-state index in [1.807, 2.05) is 12.1 Å². The maximum atomic E-state index is 11.0. The van der Waals surface area contributed by atoms with Crippen LogP contribution in [0.15, 0.2) is 30.5 Å². The van der Waals surface area contributed by atoms with E-state index in [9.17, 15) is 10.1 Å². The number of non-ortho nitro benzene ring substituents is 1. The normalized spacial score (nSPS) is 10.6. The lowest BCUT2D eigenvalue weighted by Crippen LogP contribution is -2.06. The number of para-hydroxylation sites is 1. The number of aromatic nitrogens is 1. The molecule has 0 amide bonds. The van der Waals surface area contributed by atoms with Crippen LogP contribution in [0.4, 0.5) is 11.4 Å². The van der Waals surface area contributed by atoms with E-state index in [2.05, 4.69) is 10.3 Å². The van der Waals surface area contributed by atoms with Crippen molar-refractivity contribution in [3.63, 3.8) is 0 Å². The van der Waals surface area contributed by atoms with Crippen LogP contribution in [0, 0.1) is 10.1 Å². The second kappa shape index (κ2) is 6.10. The number of nitro benzene ring substituents is 1. The van der Waals surface area contributed by atoms with Crippen LogP contribution in [0.5, 0.6) is 0 Å². The number of rotatable bonds is 6. The number of nitrogens with two attached hydrogens (primary N) is 1. The van der Waals surface area contributed by atoms with Crippen molar-refractivity contribution in [2.24, 2.45) is 5.73 Å². The molecule has 1 aromatic heterocycles. The molecule has 0 saturated heterocycles. The fraction of sp³-hybridized carbons (Fsp3) is 0.308. The van der Waals surface area contributed by atoms with Gasteiger partial charge in [-0.1, -0.05) is 12.1 Å². The van der Waals surface area contributed by atoms with Gasteiger partial charge in [0.15, 0.2) is 0 Å². The molecule has 0 atom stereocenters. The molecule has 0 bridgehead atoms. The van der Waals surface area contributed by atoms with Crippen LogP contribution in [-0.4, -0.2) is 23.0 Å². The van der Waals surface area contributed by atoms with E-state index in [4.69, 9.17) is 5.73 Å². The van der Waals surface area contributed by atoms with Crippen molar-refractivity contribution < 1.29 is 4.92 Å². The van der Waals surface area contributed by atoms with Crippen LogP contribution in [-0.2, 0) is 0 Å². The summed E-state index contributed by atoms with van der Waals surface area (Å²) in [6.45, 7) is 1.46. The molecule has 100 valence electrons. The standard InChI is InChI=1S/C13H16N4O2/c14-7-1-2-8-15-11-6-9-16-13-10(11)4-3-5-12(13)17(18)19/h3-6,9H,1-2,7-8,14H2,(H,15,16). The second-order valence-electron chi connectivity index (χ2n) is 4.21. The van der Waals surface area contributed by atoms with E-state index >= 15 is 0 Å². The molecule has 1 heterocycles. The first-order chi connectivity index (χ1) is 9.24. The Balaban J connectivity index is 2.30. The molecule has 3 N–H and O–H groups in total. The summed E-state index contributed by atoms with van der Waals surface area (Å²) in [7, 11) is 0. The highest BCUT2D eigenvalue weighted by atomic mass is 16.6. The minimum Gasteiger partial charge on any atom is -0.384 e. The minimum atomic E-state index is -0.409. The van der Waals surface area contributed by atoms with E-state index < -0.39 is 4.92 Å². The number of nitrogens with one attached hydrogen (secondary N) is 1. The summed E-state index contributed by atoms with van der Waals surface area (Å²) in [4.78, 5) is 14.7. The highest BCUT2D eigenvalue weighted by Crippen LogP contribution is 2.28. The van der Waals surface area contributed by atoms with Gasteiger partial charge in [0.25, 0.3) is 5.69 Å². The first-order valence-corrected chi connectivity index (χ1v) is 6.20. The molecule has 0 spiro atoms. The first-order valence-electron chi connectivity index (χ1n) is 6.20. The highest BCUT2D eigenvalue weighted by Gasteiger charge is 2.13. The molecule has 6 heteroatoms. The van der Waals surface area contributed by atoms with E-state index in [1.54, 1.807) is 12.3 Å². The second-order valence-corrected chi connectivity index (χ2v) is 4.21. The van der Waals surface area contributed by atoms with Crippen molar-refractivity contribution in [2.75, 3.05) is 18.4 Å². The lowest BCUT2D eigenvalue weighted by atomic mass is 10.1. The Hall–Kier alpha value is -2.21. The van der Waals surface area contributed by atoms with Crippen molar-refractivity contribution in [3.8, 4) is 0 Å². The van der Waals surface area contributed by atoms with Gasteiger partial charge >= 0.3 is 0 Å². The van der Waals surface area contributed by atoms with Gasteiger partial charge in [-0.3, -0.25) is 10.1 Å². The largest absolute Gasteiger partial charge is 0.384 e. The third-order valence-corrected chi connectivity index (χ3v) is 2.89. The Morgan fingerprint density at radius 3 is 2.89 bits per heavy atom. The van der Waals surface area contributed by atoms with Gasteiger partial charge in [0.1, 0.15) is 5.52 Å². The predicted molar refractivity (Wildman–Crippen MR) is 75.2 cm³/mol. The number of nitro groups is 1. The zero-order chi connectivity index (χ0) is 13.7. The van der Waals surface area contributed by atoms with Crippen molar-refractivity contribution in [1.29, 1.82) is 0 Å². The molecule has 0 aliphatic carbocycles. The van der Waals surface area contributed by atoms with Crippen LogP contribution in [0.1, 0.15) is 12.8 Å². The molecule has 1 aromatic carbocycles. The number of anilines is 1. The van der Waals surface area contributed by atoms with Crippen LogP contribution < -0.4 is 11.1 Å². The molecule has 19 heavy (non-hydrogen) atoms. The number of fused-ring (bicyclic) bond motifs is 1. The highest BCUT2D eigenvalue weighted by molar-refractivity contribution is 5.96. The van der Waals surface area contributed by atoms with Crippen molar-refractivity contribution in [2.45, 2.75) is 12.8 Å². The predicted octanol–water partition coefficient (Wildman–Crippen LogP) is 2.29. The fourth-order valence-corrected chi connectivity index (χ4v) is 1.95. The molecule has 0 radical (unpaired) electrons. The van der Waals surface area contributed by atoms with Crippen molar-refractivity contribution in [1.82, 2.24) is 4.98 Å². The number of unbranched alkanes of at least 4 members (excludes halogenated alkanes) is 1. The van der Waals surface area contributed by atoms with Gasteiger partial charge in [-0.2, -0.15) is 0 Å². The van der Waals surface area contributed by atoms with Crippen LogP contribution in [0.2, 0.25) is 0 Å². The van der Waals surface area contributed by atoms with E-state index in [0.29, 0.717) is 12.1 Å². The third kappa shape index (κ3) is 2.97. The molecule has 0 saturated carbocycles. The summed E-state index contributed by atoms with van der Waals surface area (Å²) in [5, 5.41) is 15.0. The van der Waals surface area contributed by atoms with E-state index in [1.165, 1.54) is 6.07 Å². The number of hydrogen-bond donors (Lipinski definition) is 2. The SMILES string of the molecule is NCCCCNc1ccnc2c([N+](=O)[O-])cccc12. The van der Waals surface area contributed by atoms with Crippen molar-refractivity contribution in [3.05, 3.63) is 40.6 Å². The van der Waals surface area contributed by atoms with Crippen LogP contribution in [0.25, 0.3) is 10.9 Å². The van der Waals surface area contributed by atoms with E-state index in [-0.39, 0.29) is 5.69 Å². The maximum Gasteiger partial charge on any atom is 0.295 e. The van der Waals surface area contributed by atoms with E-state index in [0.717, 1.165) is 30.5 Å². The molecule has 2 rings (SSSR count). The Kier molecular flexibility index (Phi) is 4.25. The summed E-state index contributed by atoms with van der Waals surface area (Å²) >= 11 is 0. The summed E-state index contributed by atoms with van der Waals surface area (Å²) in [5.41, 5.74) is 6.75. The Morgan fingerprint density at radius 1 is 1.32 bits per heavy atom. The molecular formula is C13H16N4O2. The zero-order valence-corrected chi connectivity index (χ0v) is 10.5. The number of benzene rings is 1. The molecule has 0 unspecified atom stereocenters.